The number of hydrogen-bond acceptors (Lipinski definition) is 0. The van der Waals surface area contributed by atoms with Crippen LogP contribution in [0.4, 0.5) is 0 Å². The number of alkyl halides is 3. The molecule has 3 heteroatoms. The lowest BCUT2D eigenvalue weighted by atomic mass is 10.2. The quantitative estimate of drug-likeness (QED) is 0.524. The average Bonchev–Trinajstić information content (AvgIpc) is 1.62. The van der Waals surface area contributed by atoms with E-state index >= 15 is 0 Å². The lowest BCUT2D eigenvalue weighted by Crippen LogP contribution is -2.17. The predicted molar refractivity (Wildman–Crippen MR) is 56.3 cm³/mol. The van der Waals surface area contributed by atoms with Crippen molar-refractivity contribution in [3.8, 4) is 0 Å². The van der Waals surface area contributed by atoms with Crippen LogP contribution in [0.15, 0.2) is 0 Å². The summed E-state index contributed by atoms with van der Waals surface area (Å²) in [6.07, 6.45) is 0. The van der Waals surface area contributed by atoms with E-state index in [4.69, 9.17) is 11.6 Å². The van der Waals surface area contributed by atoms with Crippen molar-refractivity contribution in [3.05, 3.63) is 0 Å². The molecule has 0 amide bonds. The van der Waals surface area contributed by atoms with Crippen LogP contribution in [0.2, 0.25) is 0 Å². The molecule has 0 radical (unpaired) electrons. The zero-order chi connectivity index (χ0) is 6.78. The summed E-state index contributed by atoms with van der Waals surface area (Å²) in [5, 5.41) is 0. The molecule has 0 saturated heterocycles. The Balaban J connectivity index is 3.62. The van der Waals surface area contributed by atoms with E-state index in [1.54, 1.807) is 0 Å². The molecule has 0 nitrogen and oxygen atoms in total. The molecular weight excluding hydrogens is 349 g/mol. The van der Waals surface area contributed by atoms with E-state index in [1.807, 2.05) is 0 Å². The van der Waals surface area contributed by atoms with Crippen molar-refractivity contribution in [1.29, 1.82) is 0 Å². The minimum atomic E-state index is 0.317. The van der Waals surface area contributed by atoms with Gasteiger partial charge in [-0.2, -0.15) is 0 Å². The number of halogens is 3. The van der Waals surface area contributed by atoms with Crippen LogP contribution in [0.1, 0.15) is 13.8 Å². The summed E-state index contributed by atoms with van der Waals surface area (Å²) >= 11 is 10.4. The lowest BCUT2D eigenvalue weighted by Gasteiger charge is -2.20. The molecule has 0 bridgehead atoms. The second-order valence-electron chi connectivity index (χ2n) is 2.01. The van der Waals surface area contributed by atoms with E-state index in [1.165, 1.54) is 0 Å². The van der Waals surface area contributed by atoms with Gasteiger partial charge < -0.3 is 0 Å². The topological polar surface area (TPSA) is 0 Å². The summed E-state index contributed by atoms with van der Waals surface area (Å²) in [4.78, 5) is 0. The third kappa shape index (κ3) is 3.71. The number of hydrogen-bond donors (Lipinski definition) is 0. The molecule has 1 atom stereocenters. The minimum Gasteiger partial charge on any atom is -0.126 e. The van der Waals surface area contributed by atoms with Gasteiger partial charge in [-0.25, -0.2) is 0 Å². The highest BCUT2D eigenvalue weighted by Crippen LogP contribution is 2.35. The van der Waals surface area contributed by atoms with Gasteiger partial charge >= 0.3 is 0 Å². The smallest absolute Gasteiger partial charge is 0.0743 e. The Morgan fingerprint density at radius 3 is 2.00 bits per heavy atom. The molecule has 0 heterocycles. The van der Waals surface area contributed by atoms with E-state index in [0.717, 1.165) is 5.88 Å². The van der Waals surface area contributed by atoms with Crippen molar-refractivity contribution in [2.75, 3.05) is 5.88 Å². The Morgan fingerprint density at radius 1 is 1.62 bits per heavy atom. The summed E-state index contributed by atoms with van der Waals surface area (Å²) in [7, 11) is 0. The van der Waals surface area contributed by atoms with Gasteiger partial charge in [0.15, 0.2) is 0 Å². The molecule has 50 valence electrons. The van der Waals surface area contributed by atoms with Crippen molar-refractivity contribution >= 4 is 56.8 Å². The summed E-state index contributed by atoms with van der Waals surface area (Å²) < 4.78 is 0.317. The van der Waals surface area contributed by atoms with Gasteiger partial charge in [0, 0.05) is 5.88 Å². The Hall–Kier alpha value is 1.75. The Labute approximate surface area is 83.0 Å². The van der Waals surface area contributed by atoms with Gasteiger partial charge in [0.25, 0.3) is 0 Å². The maximum atomic E-state index is 5.63. The molecule has 0 N–H and O–H groups in total. The fourth-order valence-corrected chi connectivity index (χ4v) is 1.41. The third-order valence-electron chi connectivity index (χ3n) is 1.10. The van der Waals surface area contributed by atoms with Crippen molar-refractivity contribution in [3.63, 3.8) is 0 Å². The molecule has 0 aromatic heterocycles. The van der Waals surface area contributed by atoms with E-state index in [0.29, 0.717) is 7.35 Å². The molecule has 0 spiro atoms. The van der Waals surface area contributed by atoms with Crippen LogP contribution in [0, 0.1) is 5.92 Å². The van der Waals surface area contributed by atoms with Crippen molar-refractivity contribution < 1.29 is 0 Å². The molecule has 0 aliphatic carbocycles. The lowest BCUT2D eigenvalue weighted by molar-refractivity contribution is 0.652. The van der Waals surface area contributed by atoms with Gasteiger partial charge in [-0.05, 0) is 12.8 Å². The largest absolute Gasteiger partial charge is 0.126 e. The van der Waals surface area contributed by atoms with E-state index in [-0.39, 0.29) is 0 Å². The molecule has 0 fully saturated rings. The van der Waals surface area contributed by atoms with Gasteiger partial charge in [0.2, 0.25) is 0 Å². The molecular formula is C5H9ClI2. The van der Waals surface area contributed by atoms with Crippen molar-refractivity contribution in [2.45, 2.75) is 15.3 Å². The van der Waals surface area contributed by atoms with Crippen LogP contribution in [-0.4, -0.2) is 7.31 Å². The Kier molecular flexibility index (Phi) is 4.64. The third-order valence-corrected chi connectivity index (χ3v) is 3.69. The molecule has 0 aliphatic heterocycles. The second kappa shape index (κ2) is 3.81. The first-order chi connectivity index (χ1) is 3.48. The predicted octanol–water partition coefficient (Wildman–Crippen LogP) is 3.45. The molecule has 8 heavy (non-hydrogen) atoms. The zero-order valence-electron chi connectivity index (χ0n) is 4.92. The van der Waals surface area contributed by atoms with Crippen LogP contribution in [-0.2, 0) is 0 Å². The number of rotatable bonds is 2. The van der Waals surface area contributed by atoms with Crippen LogP contribution in [0.5, 0.6) is 0 Å². The summed E-state index contributed by atoms with van der Waals surface area (Å²) in [5.41, 5.74) is 0. The van der Waals surface area contributed by atoms with E-state index in [2.05, 4.69) is 59.0 Å². The van der Waals surface area contributed by atoms with Gasteiger partial charge in [0.1, 0.15) is 0 Å². The van der Waals surface area contributed by atoms with Crippen LogP contribution in [0.25, 0.3) is 0 Å². The molecule has 0 rings (SSSR count). The summed E-state index contributed by atoms with van der Waals surface area (Å²) in [6.45, 7) is 4.34. The first-order valence-corrected chi connectivity index (χ1v) is 5.11. The first-order valence-electron chi connectivity index (χ1n) is 2.42. The van der Waals surface area contributed by atoms with Crippen LogP contribution >= 0.6 is 56.8 Å². The van der Waals surface area contributed by atoms with Crippen molar-refractivity contribution in [2.24, 2.45) is 5.92 Å². The van der Waals surface area contributed by atoms with Gasteiger partial charge in [0.05, 0.1) is 1.43 Å². The summed E-state index contributed by atoms with van der Waals surface area (Å²) in [6, 6.07) is 0. The summed E-state index contributed by atoms with van der Waals surface area (Å²) in [5.74, 6) is 1.34. The van der Waals surface area contributed by atoms with Crippen LogP contribution in [0.3, 0.4) is 0 Å². The Morgan fingerprint density at radius 2 is 2.00 bits per heavy atom. The molecule has 0 aromatic rings. The maximum Gasteiger partial charge on any atom is 0.0743 e. The van der Waals surface area contributed by atoms with Crippen molar-refractivity contribution in [1.82, 2.24) is 0 Å². The fraction of sp³-hybridized carbons (Fsp3) is 1.00. The maximum absolute atomic E-state index is 5.63. The normalized spacial score (nSPS) is 16.1. The highest BCUT2D eigenvalue weighted by molar-refractivity contribution is 14.2. The van der Waals surface area contributed by atoms with Gasteiger partial charge in [-0.3, -0.25) is 0 Å². The molecule has 0 unspecified atom stereocenters. The fourth-order valence-electron chi connectivity index (χ4n) is 0.135. The highest BCUT2D eigenvalue weighted by atomic mass is 127. The minimum absolute atomic E-state index is 0.317. The second-order valence-corrected chi connectivity index (χ2v) is 8.87. The zero-order valence-corrected chi connectivity index (χ0v) is 9.99. The first kappa shape index (κ1) is 9.75. The van der Waals surface area contributed by atoms with E-state index < -0.39 is 0 Å². The molecule has 0 aromatic carbocycles. The standard InChI is InChI=1S/C5H9ClI2/c1-4(3-6)5(2,7)8/h4H,3H2,1-2H3/t4-/m0/s1. The Bertz CT molecular complexity index is 67.3. The van der Waals surface area contributed by atoms with Crippen LogP contribution < -0.4 is 0 Å². The SMILES string of the molecule is C[C@@H](CCl)C(C)(I)I. The van der Waals surface area contributed by atoms with Gasteiger partial charge in [-0.1, -0.05) is 52.1 Å². The van der Waals surface area contributed by atoms with E-state index in [9.17, 15) is 0 Å². The van der Waals surface area contributed by atoms with Gasteiger partial charge in [-0.15, -0.1) is 11.6 Å². The highest BCUT2D eigenvalue weighted by Gasteiger charge is 2.22. The molecule has 0 aliphatic rings. The molecule has 0 saturated carbocycles. The monoisotopic (exact) mass is 358 g/mol. The average molecular weight is 358 g/mol.